The molecule has 0 aliphatic heterocycles. The Kier molecular flexibility index (Phi) is 4.20. The number of fused-ring (bicyclic) bond motifs is 9. The van der Waals surface area contributed by atoms with Crippen molar-refractivity contribution in [3.05, 3.63) is 155 Å². The Balaban J connectivity index is 1.55. The smallest absolute Gasteiger partial charge is 0.248 e. The van der Waals surface area contributed by atoms with E-state index in [-0.39, 0.29) is 0 Å². The molecule has 6 aromatic rings. The second-order valence-corrected chi connectivity index (χ2v) is 10.2. The van der Waals surface area contributed by atoms with E-state index in [4.69, 9.17) is 5.73 Å². The third kappa shape index (κ3) is 2.54. The molecule has 178 valence electrons. The Morgan fingerprint density at radius 1 is 0.500 bits per heavy atom. The van der Waals surface area contributed by atoms with Gasteiger partial charge in [-0.3, -0.25) is 4.79 Å². The predicted octanol–water partition coefficient (Wildman–Crippen LogP) is 7.95. The number of primary amides is 1. The maximum atomic E-state index is 12.0. The van der Waals surface area contributed by atoms with Gasteiger partial charge in [-0.05, 0) is 78.5 Å². The molecule has 2 nitrogen and oxygen atoms in total. The first kappa shape index (κ1) is 21.2. The monoisotopic (exact) mass is 485 g/mol. The summed E-state index contributed by atoms with van der Waals surface area (Å²) in [5, 5.41) is 2.44. The summed E-state index contributed by atoms with van der Waals surface area (Å²) in [6.45, 7) is 0. The standard InChI is InChI=1S/C36H23NO/c37-35(38)23-10-7-9-22(21-23)24-19-20-29-27-13-3-6-17-32(27)36(33-18-8-14-28(24)34(29)33)30-15-4-1-11-25(30)26-12-2-5-16-31(26)36/h1-21H,(H2,37,38). The summed E-state index contributed by atoms with van der Waals surface area (Å²) in [4.78, 5) is 12.0. The summed E-state index contributed by atoms with van der Waals surface area (Å²) in [5.74, 6) is -0.415. The Bertz CT molecular complexity index is 1920. The van der Waals surface area contributed by atoms with Gasteiger partial charge in [0.1, 0.15) is 0 Å². The fourth-order valence-corrected chi connectivity index (χ4v) is 7.04. The maximum Gasteiger partial charge on any atom is 0.248 e. The molecule has 0 radical (unpaired) electrons. The highest BCUT2D eigenvalue weighted by Gasteiger charge is 2.49. The number of nitrogens with two attached hydrogens (primary N) is 1. The van der Waals surface area contributed by atoms with Crippen molar-refractivity contribution >= 4 is 16.7 Å². The molecule has 1 spiro atoms. The van der Waals surface area contributed by atoms with Gasteiger partial charge in [-0.2, -0.15) is 0 Å². The molecule has 0 saturated heterocycles. The summed E-state index contributed by atoms with van der Waals surface area (Å²) < 4.78 is 0. The largest absolute Gasteiger partial charge is 0.366 e. The molecule has 0 heterocycles. The lowest BCUT2D eigenvalue weighted by atomic mass is 9.61. The number of carbonyl (C=O) groups excluding carboxylic acids is 1. The van der Waals surface area contributed by atoms with Crippen molar-refractivity contribution in [3.63, 3.8) is 0 Å². The van der Waals surface area contributed by atoms with E-state index < -0.39 is 11.3 Å². The highest BCUT2D eigenvalue weighted by Crippen LogP contribution is 2.62. The van der Waals surface area contributed by atoms with E-state index in [1.54, 1.807) is 6.07 Å². The van der Waals surface area contributed by atoms with E-state index in [1.165, 1.54) is 55.3 Å². The number of rotatable bonds is 2. The van der Waals surface area contributed by atoms with Gasteiger partial charge in [-0.1, -0.05) is 115 Å². The average molecular weight is 486 g/mol. The van der Waals surface area contributed by atoms with Crippen LogP contribution >= 0.6 is 0 Å². The van der Waals surface area contributed by atoms with Crippen LogP contribution in [0.25, 0.3) is 44.2 Å². The molecule has 38 heavy (non-hydrogen) atoms. The van der Waals surface area contributed by atoms with E-state index in [9.17, 15) is 4.79 Å². The fraction of sp³-hybridized carbons (Fsp3) is 0.0278. The molecule has 0 bridgehead atoms. The van der Waals surface area contributed by atoms with Crippen LogP contribution in [0, 0.1) is 0 Å². The molecule has 2 N–H and O–H groups in total. The predicted molar refractivity (Wildman–Crippen MR) is 154 cm³/mol. The number of carbonyl (C=O) groups is 1. The third-order valence-corrected chi connectivity index (χ3v) is 8.48. The van der Waals surface area contributed by atoms with E-state index in [0.29, 0.717) is 5.56 Å². The lowest BCUT2D eigenvalue weighted by Crippen LogP contribution is -2.31. The molecule has 0 fully saturated rings. The number of benzene rings is 6. The highest BCUT2D eigenvalue weighted by atomic mass is 16.1. The second kappa shape index (κ2) is 7.53. The molecule has 6 aromatic carbocycles. The van der Waals surface area contributed by atoms with Gasteiger partial charge >= 0.3 is 0 Å². The molecular formula is C36H23NO. The molecule has 2 aliphatic rings. The van der Waals surface area contributed by atoms with Crippen LogP contribution < -0.4 is 5.73 Å². The Labute approximate surface area is 221 Å². The van der Waals surface area contributed by atoms with E-state index in [1.807, 2.05) is 12.1 Å². The SMILES string of the molecule is NC(=O)c1cccc(-c2ccc3c4c(cccc24)C2(c4ccccc4-c4ccccc42)c2ccccc2-3)c1. The summed E-state index contributed by atoms with van der Waals surface area (Å²) in [7, 11) is 0. The minimum Gasteiger partial charge on any atom is -0.366 e. The van der Waals surface area contributed by atoms with Crippen molar-refractivity contribution in [2.45, 2.75) is 5.41 Å². The van der Waals surface area contributed by atoms with Crippen LogP contribution in [0.2, 0.25) is 0 Å². The summed E-state index contributed by atoms with van der Waals surface area (Å²) in [6, 6.07) is 45.4. The van der Waals surface area contributed by atoms with Crippen molar-refractivity contribution in [2.24, 2.45) is 5.73 Å². The highest BCUT2D eigenvalue weighted by molar-refractivity contribution is 6.11. The molecule has 0 unspecified atom stereocenters. The average Bonchev–Trinajstić information content (AvgIpc) is 3.27. The molecule has 0 atom stereocenters. The molecule has 2 aliphatic carbocycles. The van der Waals surface area contributed by atoms with Gasteiger partial charge in [0.15, 0.2) is 0 Å². The van der Waals surface area contributed by atoms with Crippen molar-refractivity contribution in [3.8, 4) is 33.4 Å². The molecule has 0 aromatic heterocycles. The van der Waals surface area contributed by atoms with Gasteiger partial charge in [0.05, 0.1) is 5.41 Å². The van der Waals surface area contributed by atoms with Crippen LogP contribution in [0.4, 0.5) is 0 Å². The Morgan fingerprint density at radius 3 is 1.66 bits per heavy atom. The van der Waals surface area contributed by atoms with E-state index >= 15 is 0 Å². The summed E-state index contributed by atoms with van der Waals surface area (Å²) >= 11 is 0. The zero-order valence-corrected chi connectivity index (χ0v) is 20.6. The third-order valence-electron chi connectivity index (χ3n) is 8.48. The fourth-order valence-electron chi connectivity index (χ4n) is 7.04. The van der Waals surface area contributed by atoms with Crippen LogP contribution in [0.5, 0.6) is 0 Å². The topological polar surface area (TPSA) is 43.1 Å². The molecule has 1 amide bonds. The zero-order valence-electron chi connectivity index (χ0n) is 20.6. The van der Waals surface area contributed by atoms with Crippen LogP contribution in [-0.2, 0) is 5.41 Å². The number of hydrogen-bond donors (Lipinski definition) is 1. The molecular weight excluding hydrogens is 462 g/mol. The Morgan fingerprint density at radius 2 is 1.03 bits per heavy atom. The van der Waals surface area contributed by atoms with Crippen LogP contribution in [0.15, 0.2) is 127 Å². The lowest BCUT2D eigenvalue weighted by Gasteiger charge is -2.40. The van der Waals surface area contributed by atoms with Gasteiger partial charge in [0.25, 0.3) is 0 Å². The first-order valence-electron chi connectivity index (χ1n) is 13.0. The summed E-state index contributed by atoms with van der Waals surface area (Å²) in [6.07, 6.45) is 0. The van der Waals surface area contributed by atoms with Crippen molar-refractivity contribution in [1.29, 1.82) is 0 Å². The van der Waals surface area contributed by atoms with Crippen LogP contribution in [0.1, 0.15) is 32.6 Å². The number of hydrogen-bond acceptors (Lipinski definition) is 1. The van der Waals surface area contributed by atoms with Gasteiger partial charge in [0, 0.05) is 5.56 Å². The number of amides is 1. The van der Waals surface area contributed by atoms with Crippen molar-refractivity contribution in [1.82, 2.24) is 0 Å². The minimum atomic E-state index is -0.415. The van der Waals surface area contributed by atoms with Gasteiger partial charge in [0.2, 0.25) is 5.91 Å². The van der Waals surface area contributed by atoms with Crippen LogP contribution in [0.3, 0.4) is 0 Å². The maximum absolute atomic E-state index is 12.0. The molecule has 8 rings (SSSR count). The normalized spacial score (nSPS) is 13.7. The van der Waals surface area contributed by atoms with Crippen LogP contribution in [-0.4, -0.2) is 5.91 Å². The van der Waals surface area contributed by atoms with E-state index in [2.05, 4.69) is 109 Å². The first-order valence-corrected chi connectivity index (χ1v) is 13.0. The molecule has 0 saturated carbocycles. The minimum absolute atomic E-state index is 0.413. The second-order valence-electron chi connectivity index (χ2n) is 10.2. The lowest BCUT2D eigenvalue weighted by molar-refractivity contribution is 0.100. The summed E-state index contributed by atoms with van der Waals surface area (Å²) in [5.41, 5.74) is 18.2. The first-order chi connectivity index (χ1) is 18.7. The van der Waals surface area contributed by atoms with Gasteiger partial charge in [-0.15, -0.1) is 0 Å². The molecule has 2 heteroatoms. The Hall–Kier alpha value is -4.95. The van der Waals surface area contributed by atoms with Crippen molar-refractivity contribution < 1.29 is 4.79 Å². The van der Waals surface area contributed by atoms with Crippen molar-refractivity contribution in [2.75, 3.05) is 0 Å². The van der Waals surface area contributed by atoms with Gasteiger partial charge < -0.3 is 5.73 Å². The van der Waals surface area contributed by atoms with Gasteiger partial charge in [-0.25, -0.2) is 0 Å². The quantitative estimate of drug-likeness (QED) is 0.265. The van der Waals surface area contributed by atoms with E-state index in [0.717, 1.165) is 11.1 Å². The zero-order chi connectivity index (χ0) is 25.4.